The number of hydrogen-bond donors (Lipinski definition) is 2. The molecule has 1 unspecified atom stereocenters. The molecule has 1 aliphatic heterocycles. The van der Waals surface area contributed by atoms with Gasteiger partial charge in [-0.05, 0) is 51.8 Å². The Balaban J connectivity index is 0.00000363. The minimum absolute atomic E-state index is 0. The molecule has 3 rings (SSSR count). The van der Waals surface area contributed by atoms with Crippen LogP contribution in [0.25, 0.3) is 0 Å². The number of halogens is 1. The van der Waals surface area contributed by atoms with E-state index in [0.29, 0.717) is 13.2 Å². The number of pyridine rings is 1. The molecule has 0 saturated carbocycles. The van der Waals surface area contributed by atoms with Gasteiger partial charge in [0, 0.05) is 56.0 Å². The van der Waals surface area contributed by atoms with E-state index in [1.165, 1.54) is 5.56 Å². The Kier molecular flexibility index (Phi) is 10.3. The van der Waals surface area contributed by atoms with Crippen LogP contribution in [0.1, 0.15) is 43.5 Å². The molecule has 1 aromatic heterocycles. The van der Waals surface area contributed by atoms with E-state index in [9.17, 15) is 4.79 Å². The first-order valence-electron chi connectivity index (χ1n) is 11.1. The van der Waals surface area contributed by atoms with Gasteiger partial charge in [-0.2, -0.15) is 0 Å². The summed E-state index contributed by atoms with van der Waals surface area (Å²) in [6.07, 6.45) is 2.98. The highest BCUT2D eigenvalue weighted by Crippen LogP contribution is 2.35. The van der Waals surface area contributed by atoms with Crippen LogP contribution in [0.2, 0.25) is 0 Å². The van der Waals surface area contributed by atoms with Gasteiger partial charge in [0.15, 0.2) is 5.96 Å². The summed E-state index contributed by atoms with van der Waals surface area (Å²) in [6.45, 7) is 8.77. The topological polar surface area (TPSA) is 76.9 Å². The number of fused-ring (bicyclic) bond motifs is 1. The van der Waals surface area contributed by atoms with Crippen molar-refractivity contribution in [3.05, 3.63) is 57.5 Å². The molecule has 2 N–H and O–H groups in total. The summed E-state index contributed by atoms with van der Waals surface area (Å²) in [4.78, 5) is 16.3. The molecular formula is C24H35IN4O3. The summed E-state index contributed by atoms with van der Waals surface area (Å²) in [6, 6.07) is 9.55. The van der Waals surface area contributed by atoms with Gasteiger partial charge in [-0.15, -0.1) is 24.0 Å². The Labute approximate surface area is 207 Å². The zero-order valence-corrected chi connectivity index (χ0v) is 21.8. The maximum Gasteiger partial charge on any atom is 0.250 e. The Morgan fingerprint density at radius 1 is 1.28 bits per heavy atom. The quantitative estimate of drug-likeness (QED) is 0.214. The average molecular weight is 554 g/mol. The van der Waals surface area contributed by atoms with E-state index in [1.807, 2.05) is 24.5 Å². The molecule has 2 aromatic rings. The largest absolute Gasteiger partial charge is 0.494 e. The molecule has 0 aliphatic carbocycles. The van der Waals surface area contributed by atoms with Crippen LogP contribution >= 0.6 is 24.0 Å². The predicted octanol–water partition coefficient (Wildman–Crippen LogP) is 3.64. The molecule has 0 fully saturated rings. The third kappa shape index (κ3) is 6.88. The third-order valence-corrected chi connectivity index (χ3v) is 5.42. The number of nitrogens with one attached hydrogen (secondary N) is 2. The molecule has 0 spiro atoms. The molecular weight excluding hydrogens is 519 g/mol. The standard InChI is InChI=1S/C24H34N4O3.HI/c1-5-30-21-14-19-13-18(3)31-22(19)15-20(21)16-27-24(25-4)26-11-6-7-12-28-17(2)9-8-10-23(28)29;/h8-10,14-15,18H,5-7,11-13,16H2,1-4H3,(H2,25,26,27);1H. The number of aromatic nitrogens is 1. The van der Waals surface area contributed by atoms with Crippen LogP contribution in [-0.4, -0.2) is 36.8 Å². The monoisotopic (exact) mass is 554 g/mol. The minimum Gasteiger partial charge on any atom is -0.494 e. The van der Waals surface area contributed by atoms with Gasteiger partial charge in [-0.3, -0.25) is 9.79 Å². The molecule has 0 saturated heterocycles. The fourth-order valence-electron chi connectivity index (χ4n) is 3.82. The van der Waals surface area contributed by atoms with Crippen molar-refractivity contribution in [2.45, 2.75) is 59.2 Å². The Morgan fingerprint density at radius 2 is 2.09 bits per heavy atom. The molecule has 32 heavy (non-hydrogen) atoms. The highest BCUT2D eigenvalue weighted by atomic mass is 127. The number of rotatable bonds is 9. The third-order valence-electron chi connectivity index (χ3n) is 5.42. The maximum absolute atomic E-state index is 11.9. The molecule has 0 radical (unpaired) electrons. The number of aryl methyl sites for hydroxylation is 1. The number of benzene rings is 1. The van der Waals surface area contributed by atoms with E-state index in [2.05, 4.69) is 34.7 Å². The second kappa shape index (κ2) is 12.7. The van der Waals surface area contributed by atoms with Gasteiger partial charge in [0.2, 0.25) is 0 Å². The summed E-state index contributed by atoms with van der Waals surface area (Å²) in [5.74, 6) is 2.58. The van der Waals surface area contributed by atoms with Crippen LogP contribution in [0, 0.1) is 6.92 Å². The molecule has 2 heterocycles. The van der Waals surface area contributed by atoms with Crippen LogP contribution in [0.4, 0.5) is 0 Å². The van der Waals surface area contributed by atoms with Gasteiger partial charge < -0.3 is 24.7 Å². The lowest BCUT2D eigenvalue weighted by Crippen LogP contribution is -2.37. The lowest BCUT2D eigenvalue weighted by molar-refractivity contribution is 0.254. The van der Waals surface area contributed by atoms with Crippen LogP contribution in [-0.2, 0) is 19.5 Å². The summed E-state index contributed by atoms with van der Waals surface area (Å²) in [5, 5.41) is 6.71. The molecule has 1 aliphatic rings. The normalized spacial score (nSPS) is 14.9. The van der Waals surface area contributed by atoms with E-state index in [4.69, 9.17) is 9.47 Å². The lowest BCUT2D eigenvalue weighted by atomic mass is 10.1. The summed E-state index contributed by atoms with van der Waals surface area (Å²) in [7, 11) is 1.76. The van der Waals surface area contributed by atoms with Crippen molar-refractivity contribution in [3.8, 4) is 11.5 Å². The maximum atomic E-state index is 11.9. The minimum atomic E-state index is 0. The number of ether oxygens (including phenoxy) is 2. The van der Waals surface area contributed by atoms with Crippen molar-refractivity contribution >= 4 is 29.9 Å². The summed E-state index contributed by atoms with van der Waals surface area (Å²) >= 11 is 0. The van der Waals surface area contributed by atoms with E-state index < -0.39 is 0 Å². The Hall–Kier alpha value is -2.23. The molecule has 7 nitrogen and oxygen atoms in total. The van der Waals surface area contributed by atoms with Gasteiger partial charge in [0.25, 0.3) is 5.56 Å². The number of hydrogen-bond acceptors (Lipinski definition) is 4. The van der Waals surface area contributed by atoms with Gasteiger partial charge in [-0.25, -0.2) is 0 Å². The molecule has 176 valence electrons. The van der Waals surface area contributed by atoms with Gasteiger partial charge in [-0.1, -0.05) is 6.07 Å². The summed E-state index contributed by atoms with van der Waals surface area (Å²) < 4.78 is 13.6. The van der Waals surface area contributed by atoms with Crippen molar-refractivity contribution in [3.63, 3.8) is 0 Å². The first-order valence-corrected chi connectivity index (χ1v) is 11.1. The van der Waals surface area contributed by atoms with E-state index in [-0.39, 0.29) is 35.6 Å². The highest BCUT2D eigenvalue weighted by molar-refractivity contribution is 14.0. The molecule has 8 heteroatoms. The van der Waals surface area contributed by atoms with Crippen molar-refractivity contribution in [2.24, 2.45) is 4.99 Å². The van der Waals surface area contributed by atoms with Crippen LogP contribution < -0.4 is 25.7 Å². The van der Waals surface area contributed by atoms with E-state index >= 15 is 0 Å². The van der Waals surface area contributed by atoms with Gasteiger partial charge in [0.1, 0.15) is 17.6 Å². The van der Waals surface area contributed by atoms with Crippen molar-refractivity contribution in [1.82, 2.24) is 15.2 Å². The zero-order valence-electron chi connectivity index (χ0n) is 19.4. The van der Waals surface area contributed by atoms with E-state index in [0.717, 1.165) is 61.1 Å². The number of nitrogens with zero attached hydrogens (tertiary/aromatic N) is 2. The van der Waals surface area contributed by atoms with Crippen molar-refractivity contribution in [1.29, 1.82) is 0 Å². The fourth-order valence-corrected chi connectivity index (χ4v) is 3.82. The van der Waals surface area contributed by atoms with Gasteiger partial charge >= 0.3 is 0 Å². The predicted molar refractivity (Wildman–Crippen MR) is 140 cm³/mol. The lowest BCUT2D eigenvalue weighted by Gasteiger charge is -2.16. The first-order chi connectivity index (χ1) is 15.0. The van der Waals surface area contributed by atoms with E-state index in [1.54, 1.807) is 19.2 Å². The number of aliphatic imine (C=N–C) groups is 1. The Morgan fingerprint density at radius 3 is 2.81 bits per heavy atom. The average Bonchev–Trinajstić information content (AvgIpc) is 3.10. The van der Waals surface area contributed by atoms with Crippen molar-refractivity contribution < 1.29 is 9.47 Å². The van der Waals surface area contributed by atoms with Crippen molar-refractivity contribution in [2.75, 3.05) is 20.2 Å². The second-order valence-corrected chi connectivity index (χ2v) is 7.85. The fraction of sp³-hybridized carbons (Fsp3) is 0.500. The SMILES string of the molecule is CCOc1cc2c(cc1CNC(=NC)NCCCCn1c(C)cccc1=O)OC(C)C2.I. The summed E-state index contributed by atoms with van der Waals surface area (Å²) in [5.41, 5.74) is 3.31. The zero-order chi connectivity index (χ0) is 22.2. The van der Waals surface area contributed by atoms with Crippen LogP contribution in [0.5, 0.6) is 11.5 Å². The van der Waals surface area contributed by atoms with Gasteiger partial charge in [0.05, 0.1) is 6.61 Å². The highest BCUT2D eigenvalue weighted by Gasteiger charge is 2.21. The number of unbranched alkanes of at least 4 members (excludes halogenated alkanes) is 1. The molecule has 0 amide bonds. The van der Waals surface area contributed by atoms with Crippen LogP contribution in [0.3, 0.4) is 0 Å². The molecule has 0 bridgehead atoms. The first kappa shape index (κ1) is 26.0. The molecule has 1 aromatic carbocycles. The second-order valence-electron chi connectivity index (χ2n) is 7.85. The smallest absolute Gasteiger partial charge is 0.250 e. The van der Waals surface area contributed by atoms with Crippen LogP contribution in [0.15, 0.2) is 40.1 Å². The number of guanidine groups is 1. The molecule has 1 atom stereocenters. The Bertz CT molecular complexity index is 974.